The van der Waals surface area contributed by atoms with Crippen LogP contribution in [0, 0.1) is 6.92 Å². The first-order chi connectivity index (χ1) is 14.7. The number of aromatic nitrogens is 2. The van der Waals surface area contributed by atoms with Crippen LogP contribution in [0.2, 0.25) is 0 Å². The largest absolute Gasteiger partial charge is 0.497 e. The van der Waals surface area contributed by atoms with E-state index in [0.717, 1.165) is 29.8 Å². The highest BCUT2D eigenvalue weighted by Crippen LogP contribution is 2.30. The molecule has 0 radical (unpaired) electrons. The number of ether oxygens (including phenoxy) is 2. The van der Waals surface area contributed by atoms with Crippen molar-refractivity contribution in [2.45, 2.75) is 31.2 Å². The predicted molar refractivity (Wildman–Crippen MR) is 112 cm³/mol. The first kappa shape index (κ1) is 22.8. The zero-order valence-corrected chi connectivity index (χ0v) is 18.6. The van der Waals surface area contributed by atoms with E-state index in [9.17, 15) is 18.0 Å². The number of hydrogen-bond donors (Lipinski definition) is 1. The third-order valence-electron chi connectivity index (χ3n) is 5.05. The zero-order valence-electron chi connectivity index (χ0n) is 17.8. The number of aryl methyl sites for hydroxylation is 3. The molecule has 3 rings (SSSR count). The molecule has 1 aromatic carbocycles. The fraction of sp³-hybridized carbons (Fsp3) is 0.450. The van der Waals surface area contributed by atoms with Gasteiger partial charge in [0.2, 0.25) is 0 Å². The second kappa shape index (κ2) is 9.48. The summed E-state index contributed by atoms with van der Waals surface area (Å²) >= 11 is 0. The topological polar surface area (TPSA) is 120 Å². The summed E-state index contributed by atoms with van der Waals surface area (Å²) < 4.78 is 38.6. The highest BCUT2D eigenvalue weighted by molar-refractivity contribution is 7.89. The third-order valence-corrected chi connectivity index (χ3v) is 6.38. The lowest BCUT2D eigenvalue weighted by atomic mass is 10.0. The van der Waals surface area contributed by atoms with Crippen LogP contribution in [-0.4, -0.2) is 56.7 Å². The van der Waals surface area contributed by atoms with Crippen LogP contribution in [0.4, 0.5) is 5.69 Å². The van der Waals surface area contributed by atoms with Crippen molar-refractivity contribution in [3.8, 4) is 5.75 Å². The number of benzene rings is 1. The van der Waals surface area contributed by atoms with Gasteiger partial charge < -0.3 is 18.9 Å². The number of sulfonamides is 1. The summed E-state index contributed by atoms with van der Waals surface area (Å²) in [6.07, 6.45) is 2.83. The number of amides is 1. The van der Waals surface area contributed by atoms with E-state index in [1.165, 1.54) is 6.20 Å². The molecule has 1 aromatic heterocycles. The van der Waals surface area contributed by atoms with E-state index in [-0.39, 0.29) is 23.9 Å². The van der Waals surface area contributed by atoms with Crippen LogP contribution in [0.25, 0.3) is 0 Å². The molecule has 0 aliphatic carbocycles. The van der Waals surface area contributed by atoms with Crippen molar-refractivity contribution in [2.75, 3.05) is 31.7 Å². The van der Waals surface area contributed by atoms with Crippen LogP contribution in [0.15, 0.2) is 29.4 Å². The molecule has 1 aliphatic rings. The summed E-state index contributed by atoms with van der Waals surface area (Å²) in [5.74, 6) is 0.281. The number of carbonyl (C=O) groups excluding carboxylic acids is 2. The van der Waals surface area contributed by atoms with Gasteiger partial charge >= 0.3 is 5.97 Å². The fourth-order valence-corrected chi connectivity index (χ4v) is 4.34. The summed E-state index contributed by atoms with van der Waals surface area (Å²) in [4.78, 5) is 30.1. The summed E-state index contributed by atoms with van der Waals surface area (Å²) in [6.45, 7) is 1.66. The molecule has 0 unspecified atom stereocenters. The Balaban J connectivity index is 1.48. The van der Waals surface area contributed by atoms with Gasteiger partial charge in [-0.2, -0.15) is 0 Å². The van der Waals surface area contributed by atoms with Gasteiger partial charge in [-0.3, -0.25) is 9.59 Å². The standard InChI is InChI=1S/C20H26N4O6S/c1-14-22-18(12-23(14)2)31(27,28)21-9-8-20(26)30-13-19(25)24-10-4-5-15-11-16(29-3)6-7-17(15)24/h6-7,11-12,21H,4-5,8-10,13H2,1-3H3. The van der Waals surface area contributed by atoms with Crippen LogP contribution < -0.4 is 14.4 Å². The molecule has 31 heavy (non-hydrogen) atoms. The molecule has 1 N–H and O–H groups in total. The minimum Gasteiger partial charge on any atom is -0.497 e. The van der Waals surface area contributed by atoms with E-state index in [1.54, 1.807) is 36.6 Å². The Morgan fingerprint density at radius 1 is 1.29 bits per heavy atom. The molecule has 1 aliphatic heterocycles. The molecule has 0 fully saturated rings. The van der Waals surface area contributed by atoms with Gasteiger partial charge in [-0.25, -0.2) is 18.1 Å². The maximum Gasteiger partial charge on any atom is 0.307 e. The number of methoxy groups -OCH3 is 1. The van der Waals surface area contributed by atoms with Crippen molar-refractivity contribution >= 4 is 27.6 Å². The van der Waals surface area contributed by atoms with E-state index >= 15 is 0 Å². The minimum absolute atomic E-state index is 0.114. The van der Waals surface area contributed by atoms with Crippen LogP contribution in [0.3, 0.4) is 0 Å². The van der Waals surface area contributed by atoms with Gasteiger partial charge in [0.25, 0.3) is 15.9 Å². The lowest BCUT2D eigenvalue weighted by molar-refractivity contribution is -0.147. The Kier molecular flexibility index (Phi) is 6.96. The maximum absolute atomic E-state index is 12.6. The van der Waals surface area contributed by atoms with E-state index in [4.69, 9.17) is 9.47 Å². The fourth-order valence-electron chi connectivity index (χ4n) is 3.27. The summed E-state index contributed by atoms with van der Waals surface area (Å²) in [7, 11) is -0.545. The predicted octanol–water partition coefficient (Wildman–Crippen LogP) is 0.928. The maximum atomic E-state index is 12.6. The van der Waals surface area contributed by atoms with Gasteiger partial charge in [0.15, 0.2) is 11.6 Å². The highest BCUT2D eigenvalue weighted by Gasteiger charge is 2.24. The molecule has 0 saturated heterocycles. The van der Waals surface area contributed by atoms with Gasteiger partial charge in [0.05, 0.1) is 13.5 Å². The second-order valence-corrected chi connectivity index (χ2v) is 8.90. The molecule has 11 heteroatoms. The Hall–Kier alpha value is -2.92. The number of imidazole rings is 1. The summed E-state index contributed by atoms with van der Waals surface area (Å²) in [6, 6.07) is 5.50. The third kappa shape index (κ3) is 5.42. The van der Waals surface area contributed by atoms with Crippen LogP contribution in [-0.2, 0) is 37.8 Å². The number of rotatable bonds is 8. The number of carbonyl (C=O) groups is 2. The first-order valence-corrected chi connectivity index (χ1v) is 11.3. The van der Waals surface area contributed by atoms with Gasteiger partial charge in [0.1, 0.15) is 11.6 Å². The number of nitrogens with zero attached hydrogens (tertiary/aromatic N) is 3. The zero-order chi connectivity index (χ0) is 22.6. The molecule has 2 heterocycles. The van der Waals surface area contributed by atoms with E-state index in [0.29, 0.717) is 12.4 Å². The lowest BCUT2D eigenvalue weighted by Gasteiger charge is -2.29. The Bertz CT molecular complexity index is 1060. The molecule has 168 valence electrons. The average Bonchev–Trinajstić information content (AvgIpc) is 3.10. The molecule has 0 saturated carbocycles. The van der Waals surface area contributed by atoms with Gasteiger partial charge in [-0.15, -0.1) is 0 Å². The van der Waals surface area contributed by atoms with Crippen molar-refractivity contribution in [1.29, 1.82) is 0 Å². The van der Waals surface area contributed by atoms with Crippen molar-refractivity contribution in [2.24, 2.45) is 7.05 Å². The number of fused-ring (bicyclic) bond motifs is 1. The number of hydrogen-bond acceptors (Lipinski definition) is 7. The van der Waals surface area contributed by atoms with Crippen molar-refractivity contribution < 1.29 is 27.5 Å². The van der Waals surface area contributed by atoms with Gasteiger partial charge in [-0.05, 0) is 43.5 Å². The van der Waals surface area contributed by atoms with E-state index in [2.05, 4.69) is 9.71 Å². The van der Waals surface area contributed by atoms with Gasteiger partial charge in [0, 0.05) is 32.0 Å². The molecule has 0 bridgehead atoms. The highest BCUT2D eigenvalue weighted by atomic mass is 32.2. The number of nitrogens with one attached hydrogen (secondary N) is 1. The monoisotopic (exact) mass is 450 g/mol. The number of anilines is 1. The van der Waals surface area contributed by atoms with Crippen molar-refractivity contribution in [3.63, 3.8) is 0 Å². The van der Waals surface area contributed by atoms with Crippen LogP contribution in [0.1, 0.15) is 24.2 Å². The number of esters is 1. The molecule has 0 atom stereocenters. The first-order valence-electron chi connectivity index (χ1n) is 9.84. The summed E-state index contributed by atoms with van der Waals surface area (Å²) in [5.41, 5.74) is 1.79. The Labute approximate surface area is 181 Å². The second-order valence-electron chi connectivity index (χ2n) is 7.19. The molecule has 0 spiro atoms. The van der Waals surface area contributed by atoms with Crippen molar-refractivity contribution in [3.05, 3.63) is 35.8 Å². The SMILES string of the molecule is COc1ccc2c(c1)CCCN2C(=O)COC(=O)CCNS(=O)(=O)c1cn(C)c(C)n1. The molecule has 1 amide bonds. The van der Waals surface area contributed by atoms with Gasteiger partial charge in [-0.1, -0.05) is 0 Å². The van der Waals surface area contributed by atoms with Crippen LogP contribution in [0.5, 0.6) is 5.75 Å². The average molecular weight is 451 g/mol. The van der Waals surface area contributed by atoms with E-state index in [1.807, 2.05) is 12.1 Å². The molecular weight excluding hydrogens is 424 g/mol. The minimum atomic E-state index is -3.82. The van der Waals surface area contributed by atoms with Crippen LogP contribution >= 0.6 is 0 Å². The normalized spacial score (nSPS) is 13.6. The molecular formula is C20H26N4O6S. The quantitative estimate of drug-likeness (QED) is 0.594. The van der Waals surface area contributed by atoms with E-state index < -0.39 is 22.6 Å². The van der Waals surface area contributed by atoms with Crippen molar-refractivity contribution in [1.82, 2.24) is 14.3 Å². The smallest absolute Gasteiger partial charge is 0.307 e. The lowest BCUT2D eigenvalue weighted by Crippen LogP contribution is -2.38. The summed E-state index contributed by atoms with van der Waals surface area (Å²) in [5, 5.41) is -0.114. The Morgan fingerprint density at radius 3 is 2.74 bits per heavy atom. The molecule has 10 nitrogen and oxygen atoms in total. The molecule has 2 aromatic rings. The Morgan fingerprint density at radius 2 is 2.06 bits per heavy atom.